The van der Waals surface area contributed by atoms with E-state index in [2.05, 4.69) is 70.2 Å². The zero-order valence-electron chi connectivity index (χ0n) is 19.5. The fourth-order valence-corrected chi connectivity index (χ4v) is 6.23. The molecule has 0 amide bonds. The van der Waals surface area contributed by atoms with Gasteiger partial charge in [-0.1, -0.05) is 64.0 Å². The highest BCUT2D eigenvalue weighted by molar-refractivity contribution is 5.75. The molecular formula is C28H37NO2. The number of fused-ring (bicyclic) bond motifs is 1. The molecule has 3 unspecified atom stereocenters. The van der Waals surface area contributed by atoms with Crippen LogP contribution >= 0.6 is 0 Å². The number of nitrogens with zero attached hydrogens (tertiary/aromatic N) is 1. The molecule has 1 aromatic rings. The second-order valence-electron chi connectivity index (χ2n) is 9.85. The molecule has 0 N–H and O–H groups in total. The van der Waals surface area contributed by atoms with Crippen LogP contribution in [0.3, 0.4) is 0 Å². The molecule has 3 heteroatoms. The van der Waals surface area contributed by atoms with Gasteiger partial charge in [0.15, 0.2) is 0 Å². The molecule has 0 aromatic carbocycles. The monoisotopic (exact) mass is 419 g/mol. The molecular weight excluding hydrogens is 382 g/mol. The molecule has 1 aromatic heterocycles. The zero-order valence-corrected chi connectivity index (χ0v) is 19.5. The van der Waals surface area contributed by atoms with Gasteiger partial charge in [0.25, 0.3) is 0 Å². The average Bonchev–Trinajstić information content (AvgIpc) is 3.06. The first-order chi connectivity index (χ1) is 15.0. The number of hydrogen-bond acceptors (Lipinski definition) is 3. The molecule has 31 heavy (non-hydrogen) atoms. The zero-order chi connectivity index (χ0) is 22.0. The van der Waals surface area contributed by atoms with Crippen molar-refractivity contribution in [2.75, 3.05) is 0 Å². The van der Waals surface area contributed by atoms with E-state index in [0.717, 1.165) is 25.0 Å². The molecule has 3 nitrogen and oxygen atoms in total. The lowest BCUT2D eigenvalue weighted by atomic mass is 9.59. The highest BCUT2D eigenvalue weighted by Crippen LogP contribution is 2.51. The third-order valence-corrected chi connectivity index (χ3v) is 7.78. The number of carbonyl (C=O) groups is 1. The van der Waals surface area contributed by atoms with Crippen molar-refractivity contribution in [1.29, 1.82) is 0 Å². The molecule has 2 heterocycles. The predicted octanol–water partition coefficient (Wildman–Crippen LogP) is 6.71. The van der Waals surface area contributed by atoms with Crippen LogP contribution in [0.15, 0.2) is 42.6 Å². The topological polar surface area (TPSA) is 39.2 Å². The van der Waals surface area contributed by atoms with E-state index in [-0.39, 0.29) is 18.0 Å². The van der Waals surface area contributed by atoms with Crippen LogP contribution in [0, 0.1) is 35.5 Å². The van der Waals surface area contributed by atoms with Crippen molar-refractivity contribution in [3.05, 3.63) is 53.9 Å². The standard InChI is InChI=1S/C28H37NO2/c1-5-8-24-20(6-2)16-26-27(19(4)31-28(26)30)25(24)14-13-23-12-11-22(17-29-23)21-10-7-9-18(3)15-21/h7,9-14,17-20,24-27H,5-6,8,15-16H2,1-4H3/b14-13+/t18?,19-,20+,24?,25+,26?,27+/m1/s1. The minimum atomic E-state index is 0.00734. The van der Waals surface area contributed by atoms with Crippen molar-refractivity contribution >= 4 is 17.6 Å². The molecule has 7 atom stereocenters. The maximum Gasteiger partial charge on any atom is 0.309 e. The Kier molecular flexibility index (Phi) is 6.79. The smallest absolute Gasteiger partial charge is 0.309 e. The van der Waals surface area contributed by atoms with Crippen molar-refractivity contribution in [3.63, 3.8) is 0 Å². The Balaban J connectivity index is 1.56. The van der Waals surface area contributed by atoms with Gasteiger partial charge in [-0.25, -0.2) is 0 Å². The number of rotatable bonds is 6. The van der Waals surface area contributed by atoms with Gasteiger partial charge in [-0.2, -0.15) is 0 Å². The van der Waals surface area contributed by atoms with Gasteiger partial charge in [0, 0.05) is 12.1 Å². The van der Waals surface area contributed by atoms with Gasteiger partial charge < -0.3 is 4.74 Å². The lowest BCUT2D eigenvalue weighted by molar-refractivity contribution is -0.144. The number of hydrogen-bond donors (Lipinski definition) is 0. The van der Waals surface area contributed by atoms with Crippen LogP contribution in [0.2, 0.25) is 0 Å². The second kappa shape index (κ2) is 9.54. The van der Waals surface area contributed by atoms with E-state index in [1.165, 1.54) is 24.0 Å². The summed E-state index contributed by atoms with van der Waals surface area (Å²) in [4.78, 5) is 17.2. The maximum atomic E-state index is 12.5. The van der Waals surface area contributed by atoms with Gasteiger partial charge in [0.05, 0.1) is 11.6 Å². The maximum absolute atomic E-state index is 12.5. The third kappa shape index (κ3) is 4.56. The summed E-state index contributed by atoms with van der Waals surface area (Å²) in [5.41, 5.74) is 3.56. The summed E-state index contributed by atoms with van der Waals surface area (Å²) in [7, 11) is 0. The molecule has 1 saturated carbocycles. The molecule has 0 bridgehead atoms. The minimum Gasteiger partial charge on any atom is -0.462 e. The highest BCUT2D eigenvalue weighted by Gasteiger charge is 2.52. The average molecular weight is 420 g/mol. The van der Waals surface area contributed by atoms with E-state index in [4.69, 9.17) is 9.72 Å². The normalized spacial score (nSPS) is 35.2. The van der Waals surface area contributed by atoms with Crippen LogP contribution in [0.4, 0.5) is 0 Å². The van der Waals surface area contributed by atoms with Crippen molar-refractivity contribution in [2.45, 2.75) is 65.9 Å². The Morgan fingerprint density at radius 3 is 2.74 bits per heavy atom. The van der Waals surface area contributed by atoms with Gasteiger partial charge in [0.2, 0.25) is 0 Å². The summed E-state index contributed by atoms with van der Waals surface area (Å²) < 4.78 is 5.70. The first-order valence-electron chi connectivity index (χ1n) is 12.2. The second-order valence-corrected chi connectivity index (χ2v) is 9.85. The Morgan fingerprint density at radius 2 is 2.06 bits per heavy atom. The van der Waals surface area contributed by atoms with Gasteiger partial charge in [-0.3, -0.25) is 9.78 Å². The number of allylic oxidation sites excluding steroid dienone is 5. The van der Waals surface area contributed by atoms with Gasteiger partial charge >= 0.3 is 5.97 Å². The number of aromatic nitrogens is 1. The van der Waals surface area contributed by atoms with E-state index < -0.39 is 0 Å². The van der Waals surface area contributed by atoms with E-state index >= 15 is 0 Å². The summed E-state index contributed by atoms with van der Waals surface area (Å²) in [5, 5.41) is 0. The number of pyridine rings is 1. The van der Waals surface area contributed by atoms with Crippen molar-refractivity contribution in [2.24, 2.45) is 35.5 Å². The lowest BCUT2D eigenvalue weighted by Gasteiger charge is -2.43. The Labute approximate surface area is 187 Å². The summed E-state index contributed by atoms with van der Waals surface area (Å²) in [6.45, 7) is 8.88. The molecule has 2 aliphatic carbocycles. The summed E-state index contributed by atoms with van der Waals surface area (Å²) in [6.07, 6.45) is 18.7. The summed E-state index contributed by atoms with van der Waals surface area (Å²) in [5.74, 6) is 2.55. The predicted molar refractivity (Wildman–Crippen MR) is 127 cm³/mol. The Morgan fingerprint density at radius 1 is 1.23 bits per heavy atom. The fourth-order valence-electron chi connectivity index (χ4n) is 6.23. The van der Waals surface area contributed by atoms with Crippen LogP contribution in [0.1, 0.15) is 71.1 Å². The van der Waals surface area contributed by atoms with Gasteiger partial charge in [-0.05, 0) is 73.1 Å². The number of cyclic esters (lactones) is 1. The fraction of sp³-hybridized carbons (Fsp3) is 0.571. The molecule has 2 fully saturated rings. The largest absolute Gasteiger partial charge is 0.462 e. The number of esters is 1. The Bertz CT molecular complexity index is 866. The van der Waals surface area contributed by atoms with E-state index in [1.54, 1.807) is 0 Å². The molecule has 0 spiro atoms. The van der Waals surface area contributed by atoms with Crippen molar-refractivity contribution in [3.8, 4) is 0 Å². The van der Waals surface area contributed by atoms with E-state index in [1.807, 2.05) is 6.20 Å². The van der Waals surface area contributed by atoms with Crippen LogP contribution in [-0.4, -0.2) is 17.1 Å². The van der Waals surface area contributed by atoms with E-state index in [9.17, 15) is 4.79 Å². The first kappa shape index (κ1) is 22.0. The molecule has 1 aliphatic heterocycles. The van der Waals surface area contributed by atoms with Gasteiger partial charge in [0.1, 0.15) is 6.10 Å². The lowest BCUT2D eigenvalue weighted by Crippen LogP contribution is -2.41. The first-order valence-corrected chi connectivity index (χ1v) is 12.2. The molecule has 3 aliphatic rings. The highest BCUT2D eigenvalue weighted by atomic mass is 16.6. The van der Waals surface area contributed by atoms with Gasteiger partial charge in [-0.15, -0.1) is 0 Å². The summed E-state index contributed by atoms with van der Waals surface area (Å²) >= 11 is 0. The quantitative estimate of drug-likeness (QED) is 0.481. The number of carbonyl (C=O) groups excluding carboxylic acids is 1. The van der Waals surface area contributed by atoms with Crippen LogP contribution in [-0.2, 0) is 9.53 Å². The van der Waals surface area contributed by atoms with Crippen molar-refractivity contribution in [1.82, 2.24) is 4.98 Å². The molecule has 4 rings (SSSR count). The van der Waals surface area contributed by atoms with Crippen LogP contribution in [0.25, 0.3) is 11.6 Å². The van der Waals surface area contributed by atoms with Crippen LogP contribution < -0.4 is 0 Å². The molecule has 0 radical (unpaired) electrons. The SMILES string of the molecule is CCCC1[C@@H](CC)CC2C(=O)O[C@H](C)[C@H]2[C@H]1/C=C/c1ccc(C2=CC=CC(C)C2)cn1. The molecule has 1 saturated heterocycles. The Hall–Kier alpha value is -2.16. The number of ether oxygens (including phenoxy) is 1. The minimum absolute atomic E-state index is 0.00734. The van der Waals surface area contributed by atoms with Crippen LogP contribution in [0.5, 0.6) is 0 Å². The summed E-state index contributed by atoms with van der Waals surface area (Å²) in [6, 6.07) is 4.32. The molecule has 166 valence electrons. The van der Waals surface area contributed by atoms with E-state index in [0.29, 0.717) is 29.6 Å². The third-order valence-electron chi connectivity index (χ3n) is 7.78. The van der Waals surface area contributed by atoms with Crippen molar-refractivity contribution < 1.29 is 9.53 Å².